The fourth-order valence-corrected chi connectivity index (χ4v) is 2.44. The van der Waals surface area contributed by atoms with Crippen LogP contribution < -0.4 is 11.1 Å². The van der Waals surface area contributed by atoms with Gasteiger partial charge in [0.25, 0.3) is 5.91 Å². The van der Waals surface area contributed by atoms with Crippen LogP contribution in [0.5, 0.6) is 0 Å². The van der Waals surface area contributed by atoms with Crippen LogP contribution in [0.3, 0.4) is 0 Å². The lowest BCUT2D eigenvalue weighted by atomic mass is 10.1. The molecule has 0 radical (unpaired) electrons. The third kappa shape index (κ3) is 3.05. The van der Waals surface area contributed by atoms with Crippen molar-refractivity contribution in [3.8, 4) is 0 Å². The number of aromatic nitrogens is 2. The highest BCUT2D eigenvalue weighted by Crippen LogP contribution is 2.24. The van der Waals surface area contributed by atoms with Crippen molar-refractivity contribution in [1.29, 1.82) is 0 Å². The topological polar surface area (TPSA) is 82.2 Å². The smallest absolute Gasteiger partial charge is 0.254 e. The van der Waals surface area contributed by atoms with Gasteiger partial charge in [0.05, 0.1) is 12.6 Å². The third-order valence-corrected chi connectivity index (χ3v) is 3.54. The minimum absolute atomic E-state index is 0.156. The zero-order valence-electron chi connectivity index (χ0n) is 11.7. The number of primary amides is 1. The Labute approximate surface area is 122 Å². The van der Waals surface area contributed by atoms with Crippen LogP contribution in [0.4, 0.5) is 11.5 Å². The first-order valence-corrected chi connectivity index (χ1v) is 7.03. The average Bonchev–Trinajstić information content (AvgIpc) is 2.93. The summed E-state index contributed by atoms with van der Waals surface area (Å²) in [4.78, 5) is 11.6. The molecule has 1 atom stereocenters. The quantitative estimate of drug-likeness (QED) is 0.901. The van der Waals surface area contributed by atoms with Gasteiger partial charge in [0, 0.05) is 18.5 Å². The molecular formula is C15H18N4O2. The van der Waals surface area contributed by atoms with Crippen LogP contribution in [0.15, 0.2) is 36.5 Å². The number of carbonyl (C=O) groups is 1. The van der Waals surface area contributed by atoms with Crippen molar-refractivity contribution >= 4 is 17.4 Å². The van der Waals surface area contributed by atoms with E-state index in [9.17, 15) is 4.79 Å². The summed E-state index contributed by atoms with van der Waals surface area (Å²) in [5, 5.41) is 7.61. The predicted molar refractivity (Wildman–Crippen MR) is 79.6 cm³/mol. The molecule has 6 nitrogen and oxygen atoms in total. The molecule has 1 amide bonds. The van der Waals surface area contributed by atoms with Gasteiger partial charge < -0.3 is 15.8 Å². The monoisotopic (exact) mass is 286 g/mol. The van der Waals surface area contributed by atoms with E-state index in [1.54, 1.807) is 10.9 Å². The SMILES string of the molecule is NC(=O)c1cn(C2CCCOC2)nc1Nc1ccccc1. The molecule has 0 bridgehead atoms. The van der Waals surface area contributed by atoms with E-state index in [2.05, 4.69) is 10.4 Å². The highest BCUT2D eigenvalue weighted by atomic mass is 16.5. The van der Waals surface area contributed by atoms with Gasteiger partial charge in [0.15, 0.2) is 5.82 Å². The molecule has 1 saturated heterocycles. The van der Waals surface area contributed by atoms with Gasteiger partial charge >= 0.3 is 0 Å². The Morgan fingerprint density at radius 3 is 2.86 bits per heavy atom. The van der Waals surface area contributed by atoms with Gasteiger partial charge in [-0.25, -0.2) is 0 Å². The van der Waals surface area contributed by atoms with Crippen LogP contribution in [0.2, 0.25) is 0 Å². The molecule has 0 aliphatic carbocycles. The minimum atomic E-state index is -0.489. The van der Waals surface area contributed by atoms with Crippen LogP contribution in [-0.4, -0.2) is 28.9 Å². The molecule has 3 N–H and O–H groups in total. The molecule has 2 aromatic rings. The molecule has 1 aliphatic rings. The van der Waals surface area contributed by atoms with E-state index in [1.165, 1.54) is 0 Å². The maximum atomic E-state index is 11.6. The van der Waals surface area contributed by atoms with Crippen LogP contribution in [-0.2, 0) is 4.74 Å². The van der Waals surface area contributed by atoms with Crippen molar-refractivity contribution in [1.82, 2.24) is 9.78 Å². The summed E-state index contributed by atoms with van der Waals surface area (Å²) in [6.07, 6.45) is 3.69. The van der Waals surface area contributed by atoms with Gasteiger partial charge in [-0.3, -0.25) is 9.48 Å². The van der Waals surface area contributed by atoms with Crippen LogP contribution in [0, 0.1) is 0 Å². The molecule has 2 heterocycles. The number of hydrogen-bond donors (Lipinski definition) is 2. The van der Waals surface area contributed by atoms with E-state index in [1.807, 2.05) is 30.3 Å². The zero-order valence-corrected chi connectivity index (χ0v) is 11.7. The molecular weight excluding hydrogens is 268 g/mol. The molecule has 1 aliphatic heterocycles. The van der Waals surface area contributed by atoms with E-state index in [-0.39, 0.29) is 6.04 Å². The number of nitrogens with one attached hydrogen (secondary N) is 1. The minimum Gasteiger partial charge on any atom is -0.379 e. The molecule has 1 unspecified atom stereocenters. The number of rotatable bonds is 4. The fraction of sp³-hybridized carbons (Fsp3) is 0.333. The number of ether oxygens (including phenoxy) is 1. The lowest BCUT2D eigenvalue weighted by Gasteiger charge is -2.22. The Kier molecular flexibility index (Phi) is 3.87. The maximum Gasteiger partial charge on any atom is 0.254 e. The molecule has 110 valence electrons. The Bertz CT molecular complexity index is 618. The standard InChI is InChI=1S/C15H18N4O2/c16-14(20)13-9-19(12-7-4-8-21-10-12)18-15(13)17-11-5-2-1-3-6-11/h1-3,5-6,9,12H,4,7-8,10H2,(H2,16,20)(H,17,18). The largest absolute Gasteiger partial charge is 0.379 e. The fourth-order valence-electron chi connectivity index (χ4n) is 2.44. The summed E-state index contributed by atoms with van der Waals surface area (Å²) in [5.74, 6) is -0.00400. The highest BCUT2D eigenvalue weighted by Gasteiger charge is 2.21. The molecule has 1 aromatic heterocycles. The van der Waals surface area contributed by atoms with Crippen molar-refractivity contribution < 1.29 is 9.53 Å². The summed E-state index contributed by atoms with van der Waals surface area (Å²) >= 11 is 0. The Morgan fingerprint density at radius 1 is 1.38 bits per heavy atom. The first-order chi connectivity index (χ1) is 10.2. The number of nitrogens with two attached hydrogens (primary N) is 1. The van der Waals surface area contributed by atoms with Crippen LogP contribution >= 0.6 is 0 Å². The van der Waals surface area contributed by atoms with E-state index < -0.39 is 5.91 Å². The number of anilines is 2. The van der Waals surface area contributed by atoms with Crippen LogP contribution in [0.1, 0.15) is 29.2 Å². The summed E-state index contributed by atoms with van der Waals surface area (Å²) in [7, 11) is 0. The number of hydrogen-bond acceptors (Lipinski definition) is 4. The van der Waals surface area contributed by atoms with Gasteiger partial charge in [0.2, 0.25) is 0 Å². The van der Waals surface area contributed by atoms with Crippen molar-refractivity contribution in [2.24, 2.45) is 5.73 Å². The third-order valence-electron chi connectivity index (χ3n) is 3.54. The summed E-state index contributed by atoms with van der Waals surface area (Å²) in [5.41, 5.74) is 6.71. The highest BCUT2D eigenvalue weighted by molar-refractivity contribution is 5.98. The molecule has 3 rings (SSSR count). The van der Waals surface area contributed by atoms with Crippen molar-refractivity contribution in [2.75, 3.05) is 18.5 Å². The van der Waals surface area contributed by atoms with Gasteiger partial charge in [-0.2, -0.15) is 5.10 Å². The van der Waals surface area contributed by atoms with Gasteiger partial charge in [-0.1, -0.05) is 18.2 Å². The maximum absolute atomic E-state index is 11.6. The predicted octanol–water partition coefficient (Wildman–Crippen LogP) is 2.08. The number of benzene rings is 1. The second-order valence-electron chi connectivity index (χ2n) is 5.10. The second-order valence-corrected chi connectivity index (χ2v) is 5.10. The van der Waals surface area contributed by atoms with Crippen LogP contribution in [0.25, 0.3) is 0 Å². The van der Waals surface area contributed by atoms with Gasteiger partial charge in [0.1, 0.15) is 5.56 Å². The van der Waals surface area contributed by atoms with Crippen molar-refractivity contribution in [3.63, 3.8) is 0 Å². The molecule has 21 heavy (non-hydrogen) atoms. The van der Waals surface area contributed by atoms with Gasteiger partial charge in [-0.05, 0) is 25.0 Å². The zero-order chi connectivity index (χ0) is 14.7. The number of amides is 1. The van der Waals surface area contributed by atoms with Crippen molar-refractivity contribution in [3.05, 3.63) is 42.1 Å². The normalized spacial score (nSPS) is 18.4. The van der Waals surface area contributed by atoms with E-state index in [0.717, 1.165) is 25.1 Å². The first-order valence-electron chi connectivity index (χ1n) is 7.03. The summed E-state index contributed by atoms with van der Waals surface area (Å²) < 4.78 is 7.25. The first kappa shape index (κ1) is 13.6. The molecule has 6 heteroatoms. The molecule has 1 aromatic carbocycles. The number of para-hydroxylation sites is 1. The molecule has 1 fully saturated rings. The Morgan fingerprint density at radius 2 is 2.19 bits per heavy atom. The molecule has 0 spiro atoms. The summed E-state index contributed by atoms with van der Waals surface area (Å²) in [6.45, 7) is 1.40. The second kappa shape index (κ2) is 5.97. The lowest BCUT2D eigenvalue weighted by molar-refractivity contribution is 0.0550. The van der Waals surface area contributed by atoms with E-state index in [4.69, 9.17) is 10.5 Å². The average molecular weight is 286 g/mol. The van der Waals surface area contributed by atoms with Gasteiger partial charge in [-0.15, -0.1) is 0 Å². The number of nitrogens with zero attached hydrogens (tertiary/aromatic N) is 2. The summed E-state index contributed by atoms with van der Waals surface area (Å²) in [6, 6.07) is 9.73. The molecule has 0 saturated carbocycles. The lowest BCUT2D eigenvalue weighted by Crippen LogP contribution is -2.21. The Balaban J connectivity index is 1.87. The number of carbonyl (C=O) groups excluding carboxylic acids is 1. The Hall–Kier alpha value is -2.34. The van der Waals surface area contributed by atoms with E-state index >= 15 is 0 Å². The van der Waals surface area contributed by atoms with Crippen molar-refractivity contribution in [2.45, 2.75) is 18.9 Å². The van der Waals surface area contributed by atoms with E-state index in [0.29, 0.717) is 18.0 Å².